The van der Waals surface area contributed by atoms with Crippen LogP contribution in [0.5, 0.6) is 0 Å². The number of imidazole rings is 1. The van der Waals surface area contributed by atoms with Crippen molar-refractivity contribution in [1.29, 1.82) is 0 Å². The van der Waals surface area contributed by atoms with Gasteiger partial charge in [0.1, 0.15) is 5.69 Å². The summed E-state index contributed by atoms with van der Waals surface area (Å²) in [5.74, 6) is -0.958. The lowest BCUT2D eigenvalue weighted by atomic mass is 9.89. The highest BCUT2D eigenvalue weighted by Crippen LogP contribution is 2.34. The second kappa shape index (κ2) is 10.8. The second-order valence-electron chi connectivity index (χ2n) is 9.57. The molecular formula is C28H31F3N2O3. The number of alkyl halides is 3. The van der Waals surface area contributed by atoms with Crippen LogP contribution in [0.3, 0.4) is 0 Å². The number of carboxylic acid groups (broad SMARTS) is 1. The predicted octanol–water partition coefficient (Wildman–Crippen LogP) is 6.61. The molecule has 0 bridgehead atoms. The van der Waals surface area contributed by atoms with Crippen molar-refractivity contribution in [2.24, 2.45) is 5.92 Å². The zero-order valence-corrected chi connectivity index (χ0v) is 20.4. The number of halogens is 3. The number of carbonyl (C=O) groups is 1. The fourth-order valence-electron chi connectivity index (χ4n) is 5.30. The Kier molecular flexibility index (Phi) is 7.71. The molecule has 3 aromatic rings. The minimum Gasteiger partial charge on any atom is -0.478 e. The predicted molar refractivity (Wildman–Crippen MR) is 132 cm³/mol. The molecule has 0 atom stereocenters. The third kappa shape index (κ3) is 5.42. The van der Waals surface area contributed by atoms with Crippen LogP contribution in [0.2, 0.25) is 0 Å². The molecule has 36 heavy (non-hydrogen) atoms. The molecule has 1 heterocycles. The molecule has 192 valence electrons. The number of hydrogen-bond acceptors (Lipinski definition) is 2. The smallest absolute Gasteiger partial charge is 0.433 e. The molecule has 0 amide bonds. The standard InChI is InChI=1S/C28H31F3N2O3/c1-2-8-24-25(28(29,30)31)33(18-19-9-4-3-5-10-19)27(36)32(24)17-20-13-15-21(16-14-20)22-11-6-7-12-23(22)26(34)35/h6-7,11-16,19H,2-5,8-10,17-18H2,1H3,(H,34,35). The van der Waals surface area contributed by atoms with E-state index in [1.165, 1.54) is 10.6 Å². The number of nitrogens with zero attached hydrogens (tertiary/aromatic N) is 2. The minimum absolute atomic E-state index is 0.0236. The lowest BCUT2D eigenvalue weighted by Gasteiger charge is -2.23. The maximum absolute atomic E-state index is 14.2. The molecule has 1 N–H and O–H groups in total. The van der Waals surface area contributed by atoms with Crippen LogP contribution in [-0.2, 0) is 25.7 Å². The Morgan fingerprint density at radius 2 is 1.67 bits per heavy atom. The van der Waals surface area contributed by atoms with Crippen LogP contribution in [-0.4, -0.2) is 20.2 Å². The average Bonchev–Trinajstić information content (AvgIpc) is 3.11. The highest BCUT2D eigenvalue weighted by atomic mass is 19.4. The SMILES string of the molecule is CCCc1c(C(F)(F)F)n(CC2CCCCC2)c(=O)n1Cc1ccc(-c2ccccc2C(=O)O)cc1. The van der Waals surface area contributed by atoms with E-state index in [1.54, 1.807) is 42.5 Å². The Balaban J connectivity index is 1.71. The normalized spacial score (nSPS) is 14.8. The van der Waals surface area contributed by atoms with Crippen LogP contribution in [0.15, 0.2) is 53.3 Å². The van der Waals surface area contributed by atoms with Gasteiger partial charge in [0.25, 0.3) is 0 Å². The quantitative estimate of drug-likeness (QED) is 0.378. The molecule has 1 saturated carbocycles. The van der Waals surface area contributed by atoms with E-state index < -0.39 is 23.5 Å². The summed E-state index contributed by atoms with van der Waals surface area (Å²) in [6.07, 6.45) is 0.781. The molecule has 1 aliphatic carbocycles. The monoisotopic (exact) mass is 500 g/mol. The van der Waals surface area contributed by atoms with Gasteiger partial charge in [-0.2, -0.15) is 13.2 Å². The molecule has 0 saturated heterocycles. The Bertz CT molecular complexity index is 1270. The van der Waals surface area contributed by atoms with E-state index in [0.717, 1.165) is 36.7 Å². The molecule has 0 radical (unpaired) electrons. The molecule has 0 aliphatic heterocycles. The number of benzene rings is 2. The maximum atomic E-state index is 14.2. The van der Waals surface area contributed by atoms with Gasteiger partial charge in [-0.1, -0.05) is 75.1 Å². The van der Waals surface area contributed by atoms with E-state index in [2.05, 4.69) is 0 Å². The average molecular weight is 501 g/mol. The minimum atomic E-state index is -4.62. The van der Waals surface area contributed by atoms with E-state index >= 15 is 0 Å². The van der Waals surface area contributed by atoms with Crippen molar-refractivity contribution in [3.63, 3.8) is 0 Å². The van der Waals surface area contributed by atoms with Gasteiger partial charge >= 0.3 is 17.8 Å². The van der Waals surface area contributed by atoms with Crippen molar-refractivity contribution in [2.45, 2.75) is 71.1 Å². The van der Waals surface area contributed by atoms with E-state index in [4.69, 9.17) is 0 Å². The number of aromatic carboxylic acids is 1. The molecule has 1 fully saturated rings. The molecule has 4 rings (SSSR count). The van der Waals surface area contributed by atoms with E-state index in [-0.39, 0.29) is 36.7 Å². The summed E-state index contributed by atoms with van der Waals surface area (Å²) in [6, 6.07) is 13.6. The lowest BCUT2D eigenvalue weighted by Crippen LogP contribution is -2.30. The van der Waals surface area contributed by atoms with Crippen LogP contribution in [0, 0.1) is 5.92 Å². The Labute approximate surface area is 208 Å². The summed E-state index contributed by atoms with van der Waals surface area (Å²) < 4.78 is 45.0. The molecule has 2 aromatic carbocycles. The van der Waals surface area contributed by atoms with Crippen molar-refractivity contribution in [2.75, 3.05) is 0 Å². The van der Waals surface area contributed by atoms with Crippen molar-refractivity contribution >= 4 is 5.97 Å². The van der Waals surface area contributed by atoms with E-state index in [1.807, 2.05) is 6.92 Å². The van der Waals surface area contributed by atoms with Gasteiger partial charge in [0.05, 0.1) is 17.8 Å². The summed E-state index contributed by atoms with van der Waals surface area (Å²) >= 11 is 0. The Morgan fingerprint density at radius 1 is 1.00 bits per heavy atom. The highest BCUT2D eigenvalue weighted by Gasteiger charge is 2.40. The summed E-state index contributed by atoms with van der Waals surface area (Å²) in [5, 5.41) is 9.47. The molecule has 1 aromatic heterocycles. The Morgan fingerprint density at radius 3 is 2.28 bits per heavy atom. The van der Waals surface area contributed by atoms with Crippen LogP contribution in [0.4, 0.5) is 13.2 Å². The first-order valence-corrected chi connectivity index (χ1v) is 12.5. The first-order valence-electron chi connectivity index (χ1n) is 12.5. The number of hydrogen-bond donors (Lipinski definition) is 1. The molecule has 0 unspecified atom stereocenters. The molecule has 1 aliphatic rings. The maximum Gasteiger partial charge on any atom is 0.433 e. The number of aromatic nitrogens is 2. The fraction of sp³-hybridized carbons (Fsp3) is 0.429. The van der Waals surface area contributed by atoms with E-state index in [0.29, 0.717) is 23.1 Å². The zero-order chi connectivity index (χ0) is 25.9. The van der Waals surface area contributed by atoms with Gasteiger partial charge in [-0.3, -0.25) is 9.13 Å². The number of carboxylic acids is 1. The molecule has 8 heteroatoms. The van der Waals surface area contributed by atoms with Crippen molar-refractivity contribution in [3.8, 4) is 11.1 Å². The first kappa shape index (κ1) is 25.8. The number of rotatable bonds is 8. The third-order valence-corrected chi connectivity index (χ3v) is 7.01. The summed E-state index contributed by atoms with van der Waals surface area (Å²) in [6.45, 7) is 1.93. The zero-order valence-electron chi connectivity index (χ0n) is 20.4. The van der Waals surface area contributed by atoms with Gasteiger partial charge in [0.2, 0.25) is 0 Å². The van der Waals surface area contributed by atoms with Crippen molar-refractivity contribution in [1.82, 2.24) is 9.13 Å². The second-order valence-corrected chi connectivity index (χ2v) is 9.57. The van der Waals surface area contributed by atoms with Gasteiger partial charge in [-0.15, -0.1) is 0 Å². The largest absolute Gasteiger partial charge is 0.478 e. The first-order chi connectivity index (χ1) is 17.2. The third-order valence-electron chi connectivity index (χ3n) is 7.01. The van der Waals surface area contributed by atoms with Crippen molar-refractivity contribution < 1.29 is 23.1 Å². The van der Waals surface area contributed by atoms with Crippen LogP contribution in [0.25, 0.3) is 11.1 Å². The van der Waals surface area contributed by atoms with Crippen LogP contribution >= 0.6 is 0 Å². The Hall–Kier alpha value is -3.29. The topological polar surface area (TPSA) is 64.2 Å². The molecule has 5 nitrogen and oxygen atoms in total. The van der Waals surface area contributed by atoms with Gasteiger partial charge in [-0.25, -0.2) is 9.59 Å². The highest BCUT2D eigenvalue weighted by molar-refractivity contribution is 5.95. The summed E-state index contributed by atoms with van der Waals surface area (Å²) in [4.78, 5) is 24.9. The van der Waals surface area contributed by atoms with Gasteiger partial charge in [-0.05, 0) is 47.9 Å². The van der Waals surface area contributed by atoms with E-state index in [9.17, 15) is 27.9 Å². The summed E-state index contributed by atoms with van der Waals surface area (Å²) in [5.41, 5.74) is 0.688. The summed E-state index contributed by atoms with van der Waals surface area (Å²) in [7, 11) is 0. The van der Waals surface area contributed by atoms with Gasteiger partial charge in [0, 0.05) is 6.54 Å². The lowest BCUT2D eigenvalue weighted by molar-refractivity contribution is -0.144. The molecular weight excluding hydrogens is 469 g/mol. The van der Waals surface area contributed by atoms with Gasteiger partial charge in [0.15, 0.2) is 0 Å². The van der Waals surface area contributed by atoms with Gasteiger partial charge < -0.3 is 5.11 Å². The van der Waals surface area contributed by atoms with Crippen LogP contribution in [0.1, 0.15) is 72.8 Å². The fourth-order valence-corrected chi connectivity index (χ4v) is 5.30. The van der Waals surface area contributed by atoms with Crippen LogP contribution < -0.4 is 5.69 Å². The van der Waals surface area contributed by atoms with Crippen molar-refractivity contribution in [3.05, 3.63) is 81.5 Å². The molecule has 0 spiro atoms.